The lowest BCUT2D eigenvalue weighted by molar-refractivity contribution is 0.0861. The molecule has 3 atom stereocenters. The number of methoxy groups -OCH3 is 1. The molecule has 1 aromatic carbocycles. The highest BCUT2D eigenvalue weighted by Gasteiger charge is 2.34. The van der Waals surface area contributed by atoms with Crippen molar-refractivity contribution < 1.29 is 13.9 Å². The Morgan fingerprint density at radius 3 is 2.81 bits per heavy atom. The van der Waals surface area contributed by atoms with E-state index in [0.717, 1.165) is 25.2 Å². The Morgan fingerprint density at radius 2 is 2.05 bits per heavy atom. The van der Waals surface area contributed by atoms with Crippen molar-refractivity contribution in [1.29, 1.82) is 0 Å². The summed E-state index contributed by atoms with van der Waals surface area (Å²) in [6, 6.07) is 4.76. The summed E-state index contributed by atoms with van der Waals surface area (Å²) < 4.78 is 18.6. The number of halogens is 1. The lowest BCUT2D eigenvalue weighted by Crippen LogP contribution is -2.52. The lowest BCUT2D eigenvalue weighted by atomic mass is 9.77. The van der Waals surface area contributed by atoms with Gasteiger partial charge in [-0.3, -0.25) is 4.79 Å². The summed E-state index contributed by atoms with van der Waals surface area (Å²) >= 11 is 0. The molecule has 1 heterocycles. The van der Waals surface area contributed by atoms with Crippen molar-refractivity contribution in [2.24, 2.45) is 5.92 Å². The van der Waals surface area contributed by atoms with Crippen molar-refractivity contribution in [2.45, 2.75) is 50.6 Å². The second-order valence-corrected chi connectivity index (χ2v) is 6.16. The normalized spacial score (nSPS) is 28.8. The van der Waals surface area contributed by atoms with E-state index in [0.29, 0.717) is 11.6 Å². The fourth-order valence-electron chi connectivity index (χ4n) is 3.72. The maximum Gasteiger partial charge on any atom is 0.179 e. The number of nitrogens with one attached hydrogen (secondary N) is 1. The van der Waals surface area contributed by atoms with Crippen molar-refractivity contribution in [3.63, 3.8) is 0 Å². The third kappa shape index (κ3) is 2.95. The van der Waals surface area contributed by atoms with Crippen LogP contribution in [0.2, 0.25) is 0 Å². The van der Waals surface area contributed by atoms with Gasteiger partial charge in [-0.05, 0) is 49.8 Å². The Morgan fingerprint density at radius 1 is 1.24 bits per heavy atom. The Hall–Kier alpha value is -1.42. The zero-order valence-electron chi connectivity index (χ0n) is 12.4. The van der Waals surface area contributed by atoms with E-state index in [-0.39, 0.29) is 17.6 Å². The highest BCUT2D eigenvalue weighted by molar-refractivity contribution is 6.00. The van der Waals surface area contributed by atoms with E-state index in [2.05, 4.69) is 5.32 Å². The van der Waals surface area contributed by atoms with Gasteiger partial charge < -0.3 is 10.1 Å². The number of carbonyl (C=O) groups excluding carboxylic acids is 1. The van der Waals surface area contributed by atoms with Crippen LogP contribution in [-0.2, 0) is 0 Å². The van der Waals surface area contributed by atoms with E-state index >= 15 is 0 Å². The van der Waals surface area contributed by atoms with Gasteiger partial charge in [-0.2, -0.15) is 0 Å². The molecule has 1 aliphatic carbocycles. The van der Waals surface area contributed by atoms with E-state index in [1.807, 2.05) is 0 Å². The van der Waals surface area contributed by atoms with Gasteiger partial charge in [-0.1, -0.05) is 12.8 Å². The van der Waals surface area contributed by atoms with Crippen LogP contribution in [0, 0.1) is 11.7 Å². The molecule has 21 heavy (non-hydrogen) atoms. The van der Waals surface area contributed by atoms with Gasteiger partial charge in [-0.25, -0.2) is 4.39 Å². The van der Waals surface area contributed by atoms with E-state index in [1.165, 1.54) is 38.5 Å². The maximum absolute atomic E-state index is 13.7. The van der Waals surface area contributed by atoms with Crippen molar-refractivity contribution in [1.82, 2.24) is 5.32 Å². The van der Waals surface area contributed by atoms with Crippen molar-refractivity contribution >= 4 is 5.78 Å². The van der Waals surface area contributed by atoms with Crippen LogP contribution in [-0.4, -0.2) is 25.0 Å². The molecule has 0 spiro atoms. The van der Waals surface area contributed by atoms with Crippen molar-refractivity contribution in [3.8, 4) is 5.75 Å². The molecule has 1 saturated carbocycles. The minimum Gasteiger partial charge on any atom is -0.494 e. The molecular weight excluding hydrogens is 269 g/mol. The molecule has 1 N–H and O–H groups in total. The van der Waals surface area contributed by atoms with Gasteiger partial charge in [0.2, 0.25) is 0 Å². The highest BCUT2D eigenvalue weighted by Crippen LogP contribution is 2.33. The average molecular weight is 291 g/mol. The monoisotopic (exact) mass is 291 g/mol. The minimum atomic E-state index is -0.477. The minimum absolute atomic E-state index is 0.000534. The summed E-state index contributed by atoms with van der Waals surface area (Å²) in [4.78, 5) is 12.6. The van der Waals surface area contributed by atoms with Crippen LogP contribution in [0.1, 0.15) is 48.9 Å². The first-order valence-corrected chi connectivity index (χ1v) is 7.83. The number of Topliss-reactive ketones (excluding diaryl/α,β-unsaturated/α-hetero) is 1. The van der Waals surface area contributed by atoms with Crippen LogP contribution >= 0.6 is 0 Å². The first-order valence-electron chi connectivity index (χ1n) is 7.83. The van der Waals surface area contributed by atoms with Crippen LogP contribution in [0.15, 0.2) is 18.2 Å². The second-order valence-electron chi connectivity index (χ2n) is 6.16. The number of hydrogen-bond donors (Lipinski definition) is 1. The van der Waals surface area contributed by atoms with Gasteiger partial charge in [-0.15, -0.1) is 0 Å². The van der Waals surface area contributed by atoms with E-state index < -0.39 is 5.82 Å². The Bertz CT molecular complexity index is 532. The fourth-order valence-corrected chi connectivity index (χ4v) is 3.72. The molecule has 1 saturated heterocycles. The summed E-state index contributed by atoms with van der Waals surface area (Å²) in [5.74, 6) is 0.418. The Kier molecular flexibility index (Phi) is 4.24. The summed E-state index contributed by atoms with van der Waals surface area (Å²) in [6.07, 6.45) is 6.94. The van der Waals surface area contributed by atoms with Crippen molar-refractivity contribution in [3.05, 3.63) is 29.6 Å². The number of benzene rings is 1. The third-order valence-corrected chi connectivity index (χ3v) is 4.90. The van der Waals surface area contributed by atoms with E-state index in [4.69, 9.17) is 4.74 Å². The molecule has 3 nitrogen and oxygen atoms in total. The maximum atomic E-state index is 13.7. The van der Waals surface area contributed by atoms with Crippen molar-refractivity contribution in [2.75, 3.05) is 7.11 Å². The fraction of sp³-hybridized carbons (Fsp3) is 0.588. The van der Waals surface area contributed by atoms with Gasteiger partial charge in [0.25, 0.3) is 0 Å². The molecule has 114 valence electrons. The SMILES string of the molecule is COc1ccc(C(=O)C2CCC3CCCCC3N2)cc1F. The van der Waals surface area contributed by atoms with Crippen LogP contribution < -0.4 is 10.1 Å². The van der Waals surface area contributed by atoms with Gasteiger partial charge in [0, 0.05) is 11.6 Å². The molecule has 4 heteroatoms. The number of ether oxygens (including phenoxy) is 1. The average Bonchev–Trinajstić information content (AvgIpc) is 2.53. The third-order valence-electron chi connectivity index (χ3n) is 4.90. The van der Waals surface area contributed by atoms with E-state index in [9.17, 15) is 9.18 Å². The first kappa shape index (κ1) is 14.5. The molecule has 1 aliphatic heterocycles. The predicted molar refractivity (Wildman–Crippen MR) is 79.2 cm³/mol. The summed E-state index contributed by atoms with van der Waals surface area (Å²) in [7, 11) is 1.42. The molecule has 3 rings (SSSR count). The number of fused-ring (bicyclic) bond motifs is 1. The molecule has 1 aromatic rings. The zero-order valence-corrected chi connectivity index (χ0v) is 12.4. The lowest BCUT2D eigenvalue weighted by Gasteiger charge is -2.40. The molecule has 2 aliphatic rings. The second kappa shape index (κ2) is 6.14. The van der Waals surface area contributed by atoms with Gasteiger partial charge in [0.15, 0.2) is 17.3 Å². The van der Waals surface area contributed by atoms with Gasteiger partial charge in [0.1, 0.15) is 0 Å². The number of carbonyl (C=O) groups is 1. The molecule has 0 amide bonds. The number of piperidine rings is 1. The number of hydrogen-bond acceptors (Lipinski definition) is 3. The van der Waals surface area contributed by atoms with Gasteiger partial charge in [0.05, 0.1) is 13.2 Å². The number of rotatable bonds is 3. The standard InChI is InChI=1S/C17H22FNO2/c1-21-16-9-7-12(10-13(16)18)17(20)15-8-6-11-4-2-3-5-14(11)19-15/h7,9-11,14-15,19H,2-6,8H2,1H3. The predicted octanol–water partition coefficient (Wildman–Crippen LogP) is 3.33. The van der Waals surface area contributed by atoms with Crippen LogP contribution in [0.25, 0.3) is 0 Å². The Labute approximate surface area is 124 Å². The van der Waals surface area contributed by atoms with Gasteiger partial charge >= 0.3 is 0 Å². The Balaban J connectivity index is 1.71. The highest BCUT2D eigenvalue weighted by atomic mass is 19.1. The first-order chi connectivity index (χ1) is 10.2. The molecule has 0 bridgehead atoms. The summed E-state index contributed by atoms with van der Waals surface area (Å²) in [5.41, 5.74) is 0.431. The molecule has 3 unspecified atom stereocenters. The molecule has 0 radical (unpaired) electrons. The van der Waals surface area contributed by atoms with Crippen LogP contribution in [0.3, 0.4) is 0 Å². The summed E-state index contributed by atoms with van der Waals surface area (Å²) in [5, 5.41) is 3.50. The molecule has 0 aromatic heterocycles. The number of ketones is 1. The smallest absolute Gasteiger partial charge is 0.179 e. The van der Waals surface area contributed by atoms with Crippen LogP contribution in [0.5, 0.6) is 5.75 Å². The quantitative estimate of drug-likeness (QED) is 0.868. The topological polar surface area (TPSA) is 38.3 Å². The molecule has 2 fully saturated rings. The zero-order chi connectivity index (χ0) is 14.8. The van der Waals surface area contributed by atoms with Crippen LogP contribution in [0.4, 0.5) is 4.39 Å². The van der Waals surface area contributed by atoms with E-state index in [1.54, 1.807) is 6.07 Å². The summed E-state index contributed by atoms with van der Waals surface area (Å²) in [6.45, 7) is 0. The molecular formula is C17H22FNO2. The largest absolute Gasteiger partial charge is 0.494 e.